The number of rotatable bonds is 4. The highest BCUT2D eigenvalue weighted by Crippen LogP contribution is 2.25. The van der Waals surface area contributed by atoms with Crippen molar-refractivity contribution in [3.63, 3.8) is 0 Å². The van der Waals surface area contributed by atoms with Crippen molar-refractivity contribution in [3.05, 3.63) is 35.9 Å². The minimum Gasteiger partial charge on any atom is -0.374 e. The Morgan fingerprint density at radius 1 is 1.33 bits per heavy atom. The van der Waals surface area contributed by atoms with E-state index in [0.29, 0.717) is 13.2 Å². The summed E-state index contributed by atoms with van der Waals surface area (Å²) in [6, 6.07) is 10.2. The summed E-state index contributed by atoms with van der Waals surface area (Å²) in [6.07, 6.45) is 2.27. The molecule has 1 aromatic carbocycles. The Kier molecular flexibility index (Phi) is 3.39. The van der Waals surface area contributed by atoms with E-state index < -0.39 is 0 Å². The Hall–Kier alpha value is -0.860. The van der Waals surface area contributed by atoms with Crippen molar-refractivity contribution in [2.45, 2.75) is 32.0 Å². The lowest BCUT2D eigenvalue weighted by atomic mass is 10.0. The van der Waals surface area contributed by atoms with Gasteiger partial charge in [0.15, 0.2) is 0 Å². The van der Waals surface area contributed by atoms with Crippen molar-refractivity contribution >= 4 is 0 Å². The Balaban J connectivity index is 1.75. The van der Waals surface area contributed by atoms with Gasteiger partial charge >= 0.3 is 0 Å². The van der Waals surface area contributed by atoms with Crippen molar-refractivity contribution in [1.29, 1.82) is 0 Å². The lowest BCUT2D eigenvalue weighted by Gasteiger charge is -2.22. The Bertz CT molecular complexity index is 289. The first-order valence-corrected chi connectivity index (χ1v) is 5.54. The second-order valence-corrected chi connectivity index (χ2v) is 4.38. The quantitative estimate of drug-likeness (QED) is 0.754. The van der Waals surface area contributed by atoms with E-state index in [0.717, 1.165) is 19.4 Å². The van der Waals surface area contributed by atoms with Gasteiger partial charge in [0.2, 0.25) is 0 Å². The zero-order chi connectivity index (χ0) is 10.6. The van der Waals surface area contributed by atoms with Gasteiger partial charge in [0, 0.05) is 6.61 Å². The fourth-order valence-corrected chi connectivity index (χ4v) is 1.91. The SMILES string of the molecule is CC1(COCc2ccccc2)CCCO1. The first kappa shape index (κ1) is 10.7. The molecule has 2 heteroatoms. The summed E-state index contributed by atoms with van der Waals surface area (Å²) in [6.45, 7) is 4.39. The fraction of sp³-hybridized carbons (Fsp3) is 0.538. The summed E-state index contributed by atoms with van der Waals surface area (Å²) in [5, 5.41) is 0. The molecule has 1 unspecified atom stereocenters. The lowest BCUT2D eigenvalue weighted by Crippen LogP contribution is -2.29. The van der Waals surface area contributed by atoms with Crippen LogP contribution in [0.1, 0.15) is 25.3 Å². The van der Waals surface area contributed by atoms with Crippen molar-refractivity contribution in [1.82, 2.24) is 0 Å². The summed E-state index contributed by atoms with van der Waals surface area (Å²) in [5.74, 6) is 0. The average Bonchev–Trinajstić information content (AvgIpc) is 2.67. The van der Waals surface area contributed by atoms with E-state index in [-0.39, 0.29) is 5.60 Å². The van der Waals surface area contributed by atoms with Gasteiger partial charge in [0.25, 0.3) is 0 Å². The van der Waals surface area contributed by atoms with E-state index >= 15 is 0 Å². The van der Waals surface area contributed by atoms with E-state index in [1.54, 1.807) is 0 Å². The van der Waals surface area contributed by atoms with Gasteiger partial charge in [0.1, 0.15) is 0 Å². The molecule has 0 aliphatic carbocycles. The Morgan fingerprint density at radius 3 is 2.80 bits per heavy atom. The third kappa shape index (κ3) is 3.05. The molecule has 1 aromatic rings. The molecule has 0 N–H and O–H groups in total. The van der Waals surface area contributed by atoms with Crippen LogP contribution in [0.4, 0.5) is 0 Å². The van der Waals surface area contributed by atoms with Crippen molar-refractivity contribution in [2.75, 3.05) is 13.2 Å². The number of ether oxygens (including phenoxy) is 2. The molecule has 1 heterocycles. The minimum absolute atomic E-state index is 0.0468. The monoisotopic (exact) mass is 206 g/mol. The fourth-order valence-electron chi connectivity index (χ4n) is 1.91. The standard InChI is InChI=1S/C13H18O2/c1-13(8-5-9-15-13)11-14-10-12-6-3-2-4-7-12/h2-4,6-7H,5,8-11H2,1H3. The molecule has 0 radical (unpaired) electrons. The molecule has 2 rings (SSSR count). The Morgan fingerprint density at radius 2 is 2.13 bits per heavy atom. The van der Waals surface area contributed by atoms with E-state index in [1.807, 2.05) is 18.2 Å². The van der Waals surface area contributed by atoms with Crippen LogP contribution < -0.4 is 0 Å². The zero-order valence-corrected chi connectivity index (χ0v) is 9.24. The van der Waals surface area contributed by atoms with E-state index in [4.69, 9.17) is 9.47 Å². The predicted octanol–water partition coefficient (Wildman–Crippen LogP) is 2.77. The molecule has 1 atom stereocenters. The van der Waals surface area contributed by atoms with Crippen LogP contribution in [0.25, 0.3) is 0 Å². The maximum absolute atomic E-state index is 5.68. The third-order valence-electron chi connectivity index (χ3n) is 2.82. The predicted molar refractivity (Wildman–Crippen MR) is 59.7 cm³/mol. The van der Waals surface area contributed by atoms with Crippen molar-refractivity contribution < 1.29 is 9.47 Å². The molecule has 0 spiro atoms. The van der Waals surface area contributed by atoms with Gasteiger partial charge in [-0.25, -0.2) is 0 Å². The van der Waals surface area contributed by atoms with Gasteiger partial charge in [0.05, 0.1) is 18.8 Å². The van der Waals surface area contributed by atoms with Crippen LogP contribution in [0.2, 0.25) is 0 Å². The molecule has 0 bridgehead atoms. The first-order chi connectivity index (χ1) is 7.29. The summed E-state index contributed by atoms with van der Waals surface area (Å²) >= 11 is 0. The highest BCUT2D eigenvalue weighted by Gasteiger charge is 2.29. The third-order valence-corrected chi connectivity index (χ3v) is 2.82. The van der Waals surface area contributed by atoms with Crippen LogP contribution in [0.3, 0.4) is 0 Å². The van der Waals surface area contributed by atoms with E-state index in [1.165, 1.54) is 5.56 Å². The maximum Gasteiger partial charge on any atom is 0.0887 e. The molecule has 82 valence electrons. The van der Waals surface area contributed by atoms with Crippen molar-refractivity contribution in [2.24, 2.45) is 0 Å². The summed E-state index contributed by atoms with van der Waals surface area (Å²) in [4.78, 5) is 0. The van der Waals surface area contributed by atoms with Crippen LogP contribution >= 0.6 is 0 Å². The van der Waals surface area contributed by atoms with Gasteiger partial charge in [-0.1, -0.05) is 30.3 Å². The van der Waals surface area contributed by atoms with Gasteiger partial charge in [-0.05, 0) is 25.3 Å². The van der Waals surface area contributed by atoms with Crippen LogP contribution in [-0.4, -0.2) is 18.8 Å². The first-order valence-electron chi connectivity index (χ1n) is 5.54. The van der Waals surface area contributed by atoms with Crippen LogP contribution in [0.15, 0.2) is 30.3 Å². The molecule has 0 saturated carbocycles. The van der Waals surface area contributed by atoms with Crippen LogP contribution in [0.5, 0.6) is 0 Å². The summed E-state index contributed by atoms with van der Waals surface area (Å²) in [7, 11) is 0. The van der Waals surface area contributed by atoms with Gasteiger partial charge < -0.3 is 9.47 Å². The second-order valence-electron chi connectivity index (χ2n) is 4.38. The maximum atomic E-state index is 5.68. The lowest BCUT2D eigenvalue weighted by molar-refractivity contribution is -0.0559. The summed E-state index contributed by atoms with van der Waals surface area (Å²) in [5.41, 5.74) is 1.17. The van der Waals surface area contributed by atoms with E-state index in [9.17, 15) is 0 Å². The molecule has 2 nitrogen and oxygen atoms in total. The van der Waals surface area contributed by atoms with Crippen LogP contribution in [-0.2, 0) is 16.1 Å². The molecule has 1 fully saturated rings. The summed E-state index contributed by atoms with van der Waals surface area (Å²) < 4.78 is 11.3. The number of benzene rings is 1. The number of hydrogen-bond donors (Lipinski definition) is 0. The normalized spacial score (nSPS) is 25.7. The second kappa shape index (κ2) is 4.77. The zero-order valence-electron chi connectivity index (χ0n) is 9.24. The van der Waals surface area contributed by atoms with Gasteiger partial charge in [-0.2, -0.15) is 0 Å². The smallest absolute Gasteiger partial charge is 0.0887 e. The molecule has 1 aliphatic heterocycles. The molecule has 1 aliphatic rings. The molecular weight excluding hydrogens is 188 g/mol. The van der Waals surface area contributed by atoms with E-state index in [2.05, 4.69) is 19.1 Å². The van der Waals surface area contributed by atoms with Crippen molar-refractivity contribution in [3.8, 4) is 0 Å². The van der Waals surface area contributed by atoms with Crippen LogP contribution in [0, 0.1) is 0 Å². The van der Waals surface area contributed by atoms with Gasteiger partial charge in [-0.15, -0.1) is 0 Å². The number of hydrogen-bond acceptors (Lipinski definition) is 2. The van der Waals surface area contributed by atoms with Gasteiger partial charge in [-0.3, -0.25) is 0 Å². The molecular formula is C13H18O2. The molecule has 1 saturated heterocycles. The molecule has 0 amide bonds. The highest BCUT2D eigenvalue weighted by molar-refractivity contribution is 5.13. The minimum atomic E-state index is -0.0468. The highest BCUT2D eigenvalue weighted by atomic mass is 16.5. The largest absolute Gasteiger partial charge is 0.374 e. The Labute approximate surface area is 91.2 Å². The average molecular weight is 206 g/mol. The molecule has 0 aromatic heterocycles. The molecule has 15 heavy (non-hydrogen) atoms. The topological polar surface area (TPSA) is 18.5 Å².